The Kier molecular flexibility index (Phi) is 4.44. The number of pyridine rings is 1. The molecule has 9 heteroatoms. The van der Waals surface area contributed by atoms with Gasteiger partial charge in [-0.15, -0.1) is 0 Å². The highest BCUT2D eigenvalue weighted by Gasteiger charge is 2.36. The van der Waals surface area contributed by atoms with Gasteiger partial charge in [0.15, 0.2) is 0 Å². The Balaban J connectivity index is 1.85. The third kappa shape index (κ3) is 3.49. The number of nitrogens with zero attached hydrogens (tertiary/aromatic N) is 3. The van der Waals surface area contributed by atoms with Crippen LogP contribution < -0.4 is 5.32 Å². The molecule has 1 aliphatic carbocycles. The second-order valence-corrected chi connectivity index (χ2v) is 6.41. The quantitative estimate of drug-likeness (QED) is 0.877. The lowest BCUT2D eigenvalue weighted by molar-refractivity contribution is -0.137. The van der Waals surface area contributed by atoms with Gasteiger partial charge in [0, 0.05) is 25.0 Å². The molecule has 5 nitrogen and oxygen atoms in total. The fourth-order valence-electron chi connectivity index (χ4n) is 2.82. The molecule has 0 spiro atoms. The van der Waals surface area contributed by atoms with Crippen LogP contribution in [0.5, 0.6) is 0 Å². The predicted molar refractivity (Wildman–Crippen MR) is 82.6 cm³/mol. The molecule has 2 heterocycles. The van der Waals surface area contributed by atoms with Gasteiger partial charge in [-0.25, -0.2) is 4.98 Å². The summed E-state index contributed by atoms with van der Waals surface area (Å²) in [6, 6.07) is 0.621. The molecule has 1 atom stereocenters. The standard InChI is InChI=1S/C15H16ClF3N4O/c1-23-7-9(5-21-23)13(8-2-11(24)3-8)22-14-12(16)4-10(6-20-14)15(17,18)19/h4-8,11,13,24H,2-3H2,1H3,(H,20,22)/t8?,11?,13-/m1/s1. The number of aromatic nitrogens is 3. The molecule has 2 N–H and O–H groups in total. The Morgan fingerprint density at radius 1 is 1.38 bits per heavy atom. The summed E-state index contributed by atoms with van der Waals surface area (Å²) in [6.07, 6.45) is 0.614. The van der Waals surface area contributed by atoms with Crippen LogP contribution >= 0.6 is 11.6 Å². The number of anilines is 1. The van der Waals surface area contributed by atoms with Crippen LogP contribution in [-0.4, -0.2) is 26.0 Å². The van der Waals surface area contributed by atoms with Crippen molar-refractivity contribution < 1.29 is 18.3 Å². The molecule has 0 bridgehead atoms. The summed E-state index contributed by atoms with van der Waals surface area (Å²) in [6.45, 7) is 0. The molecule has 3 rings (SSSR count). The van der Waals surface area contributed by atoms with E-state index in [1.807, 2.05) is 6.20 Å². The number of aliphatic hydroxyl groups is 1. The summed E-state index contributed by atoms with van der Waals surface area (Å²) < 4.78 is 39.8. The lowest BCUT2D eigenvalue weighted by Gasteiger charge is -2.38. The first-order valence-electron chi connectivity index (χ1n) is 7.40. The monoisotopic (exact) mass is 360 g/mol. The van der Waals surface area contributed by atoms with Gasteiger partial charge in [0.2, 0.25) is 0 Å². The van der Waals surface area contributed by atoms with E-state index in [-0.39, 0.29) is 28.9 Å². The van der Waals surface area contributed by atoms with Gasteiger partial charge in [-0.1, -0.05) is 11.6 Å². The van der Waals surface area contributed by atoms with E-state index in [1.54, 1.807) is 17.9 Å². The molecule has 0 amide bonds. The van der Waals surface area contributed by atoms with Crippen molar-refractivity contribution >= 4 is 17.4 Å². The SMILES string of the molecule is Cn1cc([C@H](Nc2ncc(C(F)(F)F)cc2Cl)C2CC(O)C2)cn1. The van der Waals surface area contributed by atoms with Crippen LogP contribution in [0, 0.1) is 5.92 Å². The Hall–Kier alpha value is -1.80. The van der Waals surface area contributed by atoms with Crippen LogP contribution in [0.2, 0.25) is 5.02 Å². The zero-order chi connectivity index (χ0) is 17.5. The van der Waals surface area contributed by atoms with Gasteiger partial charge in [-0.2, -0.15) is 18.3 Å². The number of hydrogen-bond acceptors (Lipinski definition) is 4. The maximum Gasteiger partial charge on any atom is 0.417 e. The first-order valence-corrected chi connectivity index (χ1v) is 7.77. The molecule has 0 aromatic carbocycles. The molecule has 130 valence electrons. The van der Waals surface area contributed by atoms with Crippen LogP contribution in [0.1, 0.15) is 30.0 Å². The van der Waals surface area contributed by atoms with Crippen LogP contribution in [0.4, 0.5) is 19.0 Å². The van der Waals surface area contributed by atoms with Gasteiger partial charge in [0.05, 0.1) is 28.9 Å². The minimum atomic E-state index is -4.49. The molecule has 0 radical (unpaired) electrons. The zero-order valence-corrected chi connectivity index (χ0v) is 13.5. The zero-order valence-electron chi connectivity index (χ0n) is 12.8. The van der Waals surface area contributed by atoms with Crippen molar-refractivity contribution in [3.63, 3.8) is 0 Å². The third-order valence-corrected chi connectivity index (χ3v) is 4.45. The molecule has 0 unspecified atom stereocenters. The van der Waals surface area contributed by atoms with Gasteiger partial charge in [-0.3, -0.25) is 4.68 Å². The summed E-state index contributed by atoms with van der Waals surface area (Å²) in [5, 5.41) is 16.7. The van der Waals surface area contributed by atoms with Crippen molar-refractivity contribution in [1.29, 1.82) is 0 Å². The van der Waals surface area contributed by atoms with E-state index < -0.39 is 11.7 Å². The second kappa shape index (κ2) is 6.25. The highest BCUT2D eigenvalue weighted by atomic mass is 35.5. The Morgan fingerprint density at radius 2 is 2.08 bits per heavy atom. The van der Waals surface area contributed by atoms with Crippen LogP contribution in [0.3, 0.4) is 0 Å². The molecule has 2 aromatic heterocycles. The van der Waals surface area contributed by atoms with Crippen molar-refractivity contribution in [2.75, 3.05) is 5.32 Å². The highest BCUT2D eigenvalue weighted by Crippen LogP contribution is 2.41. The lowest BCUT2D eigenvalue weighted by Crippen LogP contribution is -2.36. The largest absolute Gasteiger partial charge is 0.417 e. The molecule has 1 saturated carbocycles. The van der Waals surface area contributed by atoms with E-state index >= 15 is 0 Å². The fraction of sp³-hybridized carbons (Fsp3) is 0.467. The summed E-state index contributed by atoms with van der Waals surface area (Å²) in [5.74, 6) is 0.310. The van der Waals surface area contributed by atoms with Crippen molar-refractivity contribution in [1.82, 2.24) is 14.8 Å². The number of nitrogens with one attached hydrogen (secondary N) is 1. The number of alkyl halides is 3. The predicted octanol–water partition coefficient (Wildman–Crippen LogP) is 3.41. The molecular weight excluding hydrogens is 345 g/mol. The average Bonchev–Trinajstić information content (AvgIpc) is 2.88. The molecular formula is C15H16ClF3N4O. The molecule has 1 fully saturated rings. The van der Waals surface area contributed by atoms with Crippen LogP contribution in [-0.2, 0) is 13.2 Å². The molecule has 24 heavy (non-hydrogen) atoms. The van der Waals surface area contributed by atoms with Crippen molar-refractivity contribution in [2.24, 2.45) is 13.0 Å². The molecule has 0 saturated heterocycles. The van der Waals surface area contributed by atoms with Crippen LogP contribution in [0.25, 0.3) is 0 Å². The molecule has 2 aromatic rings. The van der Waals surface area contributed by atoms with Gasteiger partial charge >= 0.3 is 6.18 Å². The summed E-state index contributed by atoms with van der Waals surface area (Å²) in [5.41, 5.74) is -0.0257. The highest BCUT2D eigenvalue weighted by molar-refractivity contribution is 6.33. The smallest absolute Gasteiger partial charge is 0.393 e. The van der Waals surface area contributed by atoms with E-state index in [1.165, 1.54) is 0 Å². The number of halogens is 4. The molecule has 0 aliphatic heterocycles. The summed E-state index contributed by atoms with van der Waals surface area (Å²) in [4.78, 5) is 3.82. The molecule has 1 aliphatic rings. The number of rotatable bonds is 4. The van der Waals surface area contributed by atoms with Gasteiger partial charge < -0.3 is 10.4 Å². The van der Waals surface area contributed by atoms with E-state index in [0.29, 0.717) is 12.8 Å². The Morgan fingerprint density at radius 3 is 2.58 bits per heavy atom. The van der Waals surface area contributed by atoms with Gasteiger partial charge in [0.25, 0.3) is 0 Å². The van der Waals surface area contributed by atoms with E-state index in [0.717, 1.165) is 17.8 Å². The van der Waals surface area contributed by atoms with Gasteiger partial charge in [-0.05, 0) is 24.8 Å². The van der Waals surface area contributed by atoms with Crippen molar-refractivity contribution in [3.05, 3.63) is 40.8 Å². The third-order valence-electron chi connectivity index (χ3n) is 4.17. The number of aryl methyl sites for hydroxylation is 1. The minimum Gasteiger partial charge on any atom is -0.393 e. The maximum absolute atomic E-state index is 12.7. The lowest BCUT2D eigenvalue weighted by atomic mass is 9.75. The van der Waals surface area contributed by atoms with Crippen molar-refractivity contribution in [3.8, 4) is 0 Å². The average molecular weight is 361 g/mol. The maximum atomic E-state index is 12.7. The number of aliphatic hydroxyl groups excluding tert-OH is 1. The first-order chi connectivity index (χ1) is 11.2. The normalized spacial score (nSPS) is 22.1. The van der Waals surface area contributed by atoms with Gasteiger partial charge in [0.1, 0.15) is 5.82 Å². The Labute approximate surface area is 141 Å². The minimum absolute atomic E-state index is 0.0985. The summed E-state index contributed by atoms with van der Waals surface area (Å²) in [7, 11) is 1.78. The van der Waals surface area contributed by atoms with Crippen LogP contribution in [0.15, 0.2) is 24.7 Å². The van der Waals surface area contributed by atoms with Crippen molar-refractivity contribution in [2.45, 2.75) is 31.2 Å². The van der Waals surface area contributed by atoms with E-state index in [2.05, 4.69) is 15.4 Å². The van der Waals surface area contributed by atoms with E-state index in [4.69, 9.17) is 11.6 Å². The first kappa shape index (κ1) is 17.0. The van der Waals surface area contributed by atoms with E-state index in [9.17, 15) is 18.3 Å². The Bertz CT molecular complexity index is 728. The summed E-state index contributed by atoms with van der Waals surface area (Å²) >= 11 is 5.97. The number of hydrogen-bond donors (Lipinski definition) is 2. The second-order valence-electron chi connectivity index (χ2n) is 6.01. The fourth-order valence-corrected chi connectivity index (χ4v) is 3.04. The topological polar surface area (TPSA) is 63.0 Å².